The zero-order valence-electron chi connectivity index (χ0n) is 22.6. The second kappa shape index (κ2) is 14.2. The highest BCUT2D eigenvalue weighted by Crippen LogP contribution is 2.26. The Morgan fingerprint density at radius 1 is 0.925 bits per heavy atom. The molecule has 0 heterocycles. The van der Waals surface area contributed by atoms with E-state index < -0.39 is 33.4 Å². The van der Waals surface area contributed by atoms with E-state index in [0.717, 1.165) is 22.7 Å². The van der Waals surface area contributed by atoms with Gasteiger partial charge in [0.1, 0.15) is 12.6 Å². The zero-order chi connectivity index (χ0) is 29.1. The summed E-state index contributed by atoms with van der Waals surface area (Å²) in [7, 11) is -4.24. The van der Waals surface area contributed by atoms with Crippen LogP contribution in [0.25, 0.3) is 0 Å². The predicted molar refractivity (Wildman–Crippen MR) is 153 cm³/mol. The van der Waals surface area contributed by atoms with Crippen molar-refractivity contribution >= 4 is 33.2 Å². The number of anilines is 1. The van der Waals surface area contributed by atoms with Gasteiger partial charge in [0.2, 0.25) is 11.8 Å². The molecule has 0 aliphatic heterocycles. The molecule has 1 N–H and O–H groups in total. The van der Waals surface area contributed by atoms with Crippen LogP contribution in [0.1, 0.15) is 38.7 Å². The van der Waals surface area contributed by atoms with E-state index in [4.69, 9.17) is 0 Å². The molecule has 11 heteroatoms. The van der Waals surface area contributed by atoms with Gasteiger partial charge in [-0.2, -0.15) is 0 Å². The van der Waals surface area contributed by atoms with Crippen molar-refractivity contribution in [3.8, 4) is 0 Å². The van der Waals surface area contributed by atoms with Crippen LogP contribution in [0.5, 0.6) is 0 Å². The first-order valence-electron chi connectivity index (χ1n) is 13.1. The number of nitro groups is 1. The normalized spacial score (nSPS) is 11.8. The number of benzene rings is 3. The van der Waals surface area contributed by atoms with E-state index in [1.807, 2.05) is 37.3 Å². The van der Waals surface area contributed by atoms with Gasteiger partial charge in [0, 0.05) is 25.2 Å². The highest BCUT2D eigenvalue weighted by molar-refractivity contribution is 7.92. The topological polar surface area (TPSA) is 130 Å². The SMILES string of the molecule is CCCCNC(=O)[C@@H](CC)N(Cc1ccccc1)C(=O)CN(c1ccc([N+](=O)[O-])cc1)S(=O)(=O)c1ccccc1. The Hall–Kier alpha value is -4.25. The fourth-order valence-corrected chi connectivity index (χ4v) is 5.63. The number of nitrogens with zero attached hydrogens (tertiary/aromatic N) is 3. The molecule has 3 aromatic carbocycles. The molecule has 0 spiro atoms. The maximum Gasteiger partial charge on any atom is 0.269 e. The summed E-state index contributed by atoms with van der Waals surface area (Å²) in [6.45, 7) is 3.76. The molecule has 0 radical (unpaired) electrons. The Balaban J connectivity index is 2.02. The van der Waals surface area contributed by atoms with Crippen LogP contribution < -0.4 is 9.62 Å². The highest BCUT2D eigenvalue weighted by Gasteiger charge is 2.33. The Kier molecular flexibility index (Phi) is 10.8. The van der Waals surface area contributed by atoms with Gasteiger partial charge in [0.05, 0.1) is 15.5 Å². The average molecular weight is 567 g/mol. The van der Waals surface area contributed by atoms with Crippen LogP contribution >= 0.6 is 0 Å². The maximum atomic E-state index is 14.0. The minimum atomic E-state index is -4.24. The van der Waals surface area contributed by atoms with Crippen LogP contribution in [0.15, 0.2) is 89.8 Å². The summed E-state index contributed by atoms with van der Waals surface area (Å²) in [5.74, 6) is -0.896. The third kappa shape index (κ3) is 7.66. The number of sulfonamides is 1. The van der Waals surface area contributed by atoms with Gasteiger partial charge in [-0.1, -0.05) is 68.8 Å². The lowest BCUT2D eigenvalue weighted by molar-refractivity contribution is -0.384. The molecule has 2 amide bonds. The Morgan fingerprint density at radius 2 is 1.52 bits per heavy atom. The van der Waals surface area contributed by atoms with Crippen LogP contribution in [0.2, 0.25) is 0 Å². The smallest absolute Gasteiger partial charge is 0.269 e. The summed E-state index contributed by atoms with van der Waals surface area (Å²) < 4.78 is 28.4. The number of carbonyl (C=O) groups excluding carboxylic acids is 2. The van der Waals surface area contributed by atoms with E-state index in [1.165, 1.54) is 41.3 Å². The monoisotopic (exact) mass is 566 g/mol. The van der Waals surface area contributed by atoms with Crippen molar-refractivity contribution in [1.29, 1.82) is 0 Å². The third-order valence-electron chi connectivity index (χ3n) is 6.37. The summed E-state index contributed by atoms with van der Waals surface area (Å²) in [6, 6.07) is 20.9. The largest absolute Gasteiger partial charge is 0.354 e. The summed E-state index contributed by atoms with van der Waals surface area (Å²) in [5.41, 5.74) is 0.652. The Bertz CT molecular complexity index is 1380. The van der Waals surface area contributed by atoms with Gasteiger partial charge in [-0.05, 0) is 42.7 Å². The first-order valence-corrected chi connectivity index (χ1v) is 14.6. The molecule has 0 aliphatic rings. The molecule has 0 saturated heterocycles. The molecule has 3 rings (SSSR count). The molecule has 212 valence electrons. The number of carbonyl (C=O) groups is 2. The molecule has 0 saturated carbocycles. The number of unbranched alkanes of at least 4 members (excludes halogenated alkanes) is 1. The lowest BCUT2D eigenvalue weighted by Crippen LogP contribution is -2.52. The van der Waals surface area contributed by atoms with Crippen molar-refractivity contribution in [2.24, 2.45) is 0 Å². The second-order valence-corrected chi connectivity index (χ2v) is 11.0. The quantitative estimate of drug-likeness (QED) is 0.174. The van der Waals surface area contributed by atoms with Crippen molar-refractivity contribution in [2.45, 2.75) is 50.6 Å². The van der Waals surface area contributed by atoms with E-state index in [0.29, 0.717) is 13.0 Å². The number of nitrogens with one attached hydrogen (secondary N) is 1. The standard InChI is InChI=1S/C29H34N4O6S/c1-3-5-20-30-29(35)27(4-2)31(21-23-12-8-6-9-13-23)28(34)22-32(24-16-18-25(19-17-24)33(36)37)40(38,39)26-14-10-7-11-15-26/h6-19,27H,3-5,20-22H2,1-2H3,(H,30,35)/t27-/m1/s1. The molecule has 0 aromatic heterocycles. The number of non-ortho nitro benzene ring substituents is 1. The minimum Gasteiger partial charge on any atom is -0.354 e. The minimum absolute atomic E-state index is 0.0416. The van der Waals surface area contributed by atoms with Crippen molar-refractivity contribution < 1.29 is 22.9 Å². The van der Waals surface area contributed by atoms with Crippen LogP contribution in [-0.2, 0) is 26.2 Å². The highest BCUT2D eigenvalue weighted by atomic mass is 32.2. The van der Waals surface area contributed by atoms with Crippen molar-refractivity contribution in [3.63, 3.8) is 0 Å². The molecule has 10 nitrogen and oxygen atoms in total. The maximum absolute atomic E-state index is 14.0. The zero-order valence-corrected chi connectivity index (χ0v) is 23.4. The summed E-state index contributed by atoms with van der Waals surface area (Å²) in [6.07, 6.45) is 2.00. The molecule has 0 fully saturated rings. The molecule has 0 aliphatic carbocycles. The molecule has 1 atom stereocenters. The van der Waals surface area contributed by atoms with Gasteiger partial charge < -0.3 is 10.2 Å². The number of hydrogen-bond donors (Lipinski definition) is 1. The molecule has 0 unspecified atom stereocenters. The lowest BCUT2D eigenvalue weighted by atomic mass is 10.1. The van der Waals surface area contributed by atoms with Gasteiger partial charge >= 0.3 is 0 Å². The van der Waals surface area contributed by atoms with E-state index in [1.54, 1.807) is 25.1 Å². The summed E-state index contributed by atoms with van der Waals surface area (Å²) in [5, 5.41) is 14.1. The Labute approximate surface area is 234 Å². The van der Waals surface area contributed by atoms with Gasteiger partial charge in [-0.3, -0.25) is 24.0 Å². The van der Waals surface area contributed by atoms with Crippen LogP contribution in [0.4, 0.5) is 11.4 Å². The van der Waals surface area contributed by atoms with Gasteiger partial charge in [0.25, 0.3) is 15.7 Å². The number of amides is 2. The van der Waals surface area contributed by atoms with Crippen molar-refractivity contribution in [3.05, 3.63) is 101 Å². The van der Waals surface area contributed by atoms with E-state index >= 15 is 0 Å². The van der Waals surface area contributed by atoms with Crippen LogP contribution in [0, 0.1) is 10.1 Å². The number of hydrogen-bond acceptors (Lipinski definition) is 6. The summed E-state index contributed by atoms with van der Waals surface area (Å²) >= 11 is 0. The van der Waals surface area contributed by atoms with Crippen molar-refractivity contribution in [2.75, 3.05) is 17.4 Å². The number of nitro benzene ring substituents is 1. The summed E-state index contributed by atoms with van der Waals surface area (Å²) in [4.78, 5) is 39.1. The predicted octanol–water partition coefficient (Wildman–Crippen LogP) is 4.51. The fourth-order valence-electron chi connectivity index (χ4n) is 4.19. The van der Waals surface area contributed by atoms with Gasteiger partial charge in [-0.25, -0.2) is 8.42 Å². The molecule has 40 heavy (non-hydrogen) atoms. The lowest BCUT2D eigenvalue weighted by Gasteiger charge is -2.33. The van der Waals surface area contributed by atoms with Crippen molar-refractivity contribution in [1.82, 2.24) is 10.2 Å². The van der Waals surface area contributed by atoms with Gasteiger partial charge in [0.15, 0.2) is 0 Å². The van der Waals surface area contributed by atoms with Gasteiger partial charge in [-0.15, -0.1) is 0 Å². The molecular weight excluding hydrogens is 532 g/mol. The first-order chi connectivity index (χ1) is 19.2. The van der Waals surface area contributed by atoms with E-state index in [2.05, 4.69) is 5.32 Å². The van der Waals surface area contributed by atoms with Crippen LogP contribution in [-0.4, -0.2) is 49.2 Å². The molecule has 3 aromatic rings. The van der Waals surface area contributed by atoms with E-state index in [9.17, 15) is 28.1 Å². The first kappa shape index (κ1) is 30.3. The van der Waals surface area contributed by atoms with E-state index in [-0.39, 0.29) is 28.7 Å². The second-order valence-electron chi connectivity index (χ2n) is 9.17. The van der Waals surface area contributed by atoms with Crippen LogP contribution in [0.3, 0.4) is 0 Å². The third-order valence-corrected chi connectivity index (χ3v) is 8.16. The molecular formula is C29H34N4O6S. The fraction of sp³-hybridized carbons (Fsp3) is 0.310. The Morgan fingerprint density at radius 3 is 2.08 bits per heavy atom. The number of rotatable bonds is 14. The molecule has 0 bridgehead atoms. The average Bonchev–Trinajstić information content (AvgIpc) is 2.96.